The molecule has 0 aliphatic heterocycles. The third-order valence-electron chi connectivity index (χ3n) is 1.60. The Kier molecular flexibility index (Phi) is 3.53. The van der Waals surface area contributed by atoms with Gasteiger partial charge >= 0.3 is 0 Å². The van der Waals surface area contributed by atoms with Gasteiger partial charge in [-0.1, -0.05) is 0 Å². The number of hydrogen-bond acceptors (Lipinski definition) is 3. The lowest BCUT2D eigenvalue weighted by molar-refractivity contribution is 0.112. The first-order valence-corrected chi connectivity index (χ1v) is 4.67. The molecule has 0 bridgehead atoms. The molecule has 0 aromatic heterocycles. The predicted molar refractivity (Wildman–Crippen MR) is 57.7 cm³/mol. The van der Waals surface area contributed by atoms with E-state index in [0.29, 0.717) is 17.1 Å². The Morgan fingerprint density at radius 1 is 1.23 bits per heavy atom. The van der Waals surface area contributed by atoms with Gasteiger partial charge in [0.2, 0.25) is 0 Å². The maximum atomic E-state index is 10.5. The SMILES string of the molecule is COc1cc(C=O)cc(OC)c1I. The average Bonchev–Trinajstić information content (AvgIpc) is 2.18. The number of ether oxygens (including phenoxy) is 2. The molecular formula is C9H9IO3. The van der Waals surface area contributed by atoms with Crippen molar-refractivity contribution in [2.24, 2.45) is 0 Å². The minimum atomic E-state index is 0.550. The maximum absolute atomic E-state index is 10.5. The van der Waals surface area contributed by atoms with E-state index >= 15 is 0 Å². The minimum absolute atomic E-state index is 0.550. The molecular weight excluding hydrogens is 283 g/mol. The molecule has 4 heteroatoms. The van der Waals surface area contributed by atoms with E-state index in [-0.39, 0.29) is 0 Å². The highest BCUT2D eigenvalue weighted by Gasteiger charge is 2.08. The Morgan fingerprint density at radius 2 is 1.69 bits per heavy atom. The zero-order chi connectivity index (χ0) is 9.84. The molecule has 0 atom stereocenters. The molecule has 13 heavy (non-hydrogen) atoms. The second kappa shape index (κ2) is 4.45. The number of carbonyl (C=O) groups is 1. The van der Waals surface area contributed by atoms with Crippen LogP contribution in [0.1, 0.15) is 10.4 Å². The summed E-state index contributed by atoms with van der Waals surface area (Å²) in [6.45, 7) is 0. The summed E-state index contributed by atoms with van der Waals surface area (Å²) < 4.78 is 11.0. The van der Waals surface area contributed by atoms with E-state index in [1.54, 1.807) is 26.4 Å². The number of aldehydes is 1. The molecule has 0 N–H and O–H groups in total. The summed E-state index contributed by atoms with van der Waals surface area (Å²) in [4.78, 5) is 10.5. The van der Waals surface area contributed by atoms with Crippen molar-refractivity contribution in [2.45, 2.75) is 0 Å². The lowest BCUT2D eigenvalue weighted by atomic mass is 10.2. The normalized spacial score (nSPS) is 9.46. The molecule has 0 unspecified atom stereocenters. The molecule has 1 rings (SSSR count). The monoisotopic (exact) mass is 292 g/mol. The van der Waals surface area contributed by atoms with Crippen LogP contribution in [0.4, 0.5) is 0 Å². The third kappa shape index (κ3) is 2.12. The van der Waals surface area contributed by atoms with Crippen LogP contribution < -0.4 is 9.47 Å². The van der Waals surface area contributed by atoms with Gasteiger partial charge in [-0.15, -0.1) is 0 Å². The van der Waals surface area contributed by atoms with E-state index in [4.69, 9.17) is 9.47 Å². The van der Waals surface area contributed by atoms with Crippen LogP contribution in [0, 0.1) is 3.57 Å². The van der Waals surface area contributed by atoms with E-state index in [0.717, 1.165) is 9.86 Å². The van der Waals surface area contributed by atoms with Crippen molar-refractivity contribution in [2.75, 3.05) is 14.2 Å². The number of halogens is 1. The van der Waals surface area contributed by atoms with E-state index < -0.39 is 0 Å². The number of benzene rings is 1. The lowest BCUT2D eigenvalue weighted by Crippen LogP contribution is -1.94. The highest BCUT2D eigenvalue weighted by Crippen LogP contribution is 2.31. The van der Waals surface area contributed by atoms with Crippen LogP contribution >= 0.6 is 22.6 Å². The van der Waals surface area contributed by atoms with Gasteiger partial charge in [-0.2, -0.15) is 0 Å². The van der Waals surface area contributed by atoms with Crippen molar-refractivity contribution in [3.8, 4) is 11.5 Å². The van der Waals surface area contributed by atoms with Crippen LogP contribution in [0.25, 0.3) is 0 Å². The molecule has 3 nitrogen and oxygen atoms in total. The van der Waals surface area contributed by atoms with Gasteiger partial charge in [0, 0.05) is 5.56 Å². The predicted octanol–water partition coefficient (Wildman–Crippen LogP) is 2.12. The van der Waals surface area contributed by atoms with Crippen molar-refractivity contribution in [1.29, 1.82) is 0 Å². The number of rotatable bonds is 3. The summed E-state index contributed by atoms with van der Waals surface area (Å²) in [7, 11) is 3.12. The van der Waals surface area contributed by atoms with Gasteiger partial charge in [-0.25, -0.2) is 0 Å². The molecule has 1 aromatic rings. The summed E-state index contributed by atoms with van der Waals surface area (Å²) in [6.07, 6.45) is 0.765. The Labute approximate surface area is 90.2 Å². The Bertz CT molecular complexity index is 298. The fraction of sp³-hybridized carbons (Fsp3) is 0.222. The molecule has 0 aliphatic rings. The van der Waals surface area contributed by atoms with Gasteiger partial charge in [0.05, 0.1) is 17.8 Å². The molecule has 0 radical (unpaired) electrons. The van der Waals surface area contributed by atoms with Gasteiger partial charge in [0.1, 0.15) is 17.8 Å². The fourth-order valence-corrected chi connectivity index (χ4v) is 1.71. The van der Waals surface area contributed by atoms with Crippen LogP contribution in [-0.2, 0) is 0 Å². The molecule has 0 aliphatic carbocycles. The average molecular weight is 292 g/mol. The highest BCUT2D eigenvalue weighted by molar-refractivity contribution is 14.1. The Hall–Kier alpha value is -0.780. The van der Waals surface area contributed by atoms with Crippen molar-refractivity contribution in [1.82, 2.24) is 0 Å². The van der Waals surface area contributed by atoms with E-state index in [9.17, 15) is 4.79 Å². The Balaban J connectivity index is 3.28. The summed E-state index contributed by atoms with van der Waals surface area (Å²) in [5, 5.41) is 0. The second-order valence-electron chi connectivity index (χ2n) is 2.36. The summed E-state index contributed by atoms with van der Waals surface area (Å²) >= 11 is 2.11. The van der Waals surface area contributed by atoms with Gasteiger partial charge in [-0.05, 0) is 34.7 Å². The number of methoxy groups -OCH3 is 2. The first-order chi connectivity index (χ1) is 6.22. The van der Waals surface area contributed by atoms with Crippen molar-refractivity contribution in [3.63, 3.8) is 0 Å². The zero-order valence-corrected chi connectivity index (χ0v) is 9.49. The summed E-state index contributed by atoms with van der Waals surface area (Å²) in [5.74, 6) is 1.31. The van der Waals surface area contributed by atoms with Crippen LogP contribution in [0.3, 0.4) is 0 Å². The van der Waals surface area contributed by atoms with Crippen LogP contribution in [0.2, 0.25) is 0 Å². The summed E-state index contributed by atoms with van der Waals surface area (Å²) in [6, 6.07) is 3.36. The molecule has 70 valence electrons. The van der Waals surface area contributed by atoms with Crippen LogP contribution in [0.15, 0.2) is 12.1 Å². The fourth-order valence-electron chi connectivity index (χ4n) is 0.958. The molecule has 0 fully saturated rings. The van der Waals surface area contributed by atoms with Crippen LogP contribution in [0.5, 0.6) is 11.5 Å². The smallest absolute Gasteiger partial charge is 0.150 e. The van der Waals surface area contributed by atoms with Crippen LogP contribution in [-0.4, -0.2) is 20.5 Å². The zero-order valence-electron chi connectivity index (χ0n) is 7.33. The maximum Gasteiger partial charge on any atom is 0.150 e. The first kappa shape index (κ1) is 10.3. The molecule has 0 amide bonds. The second-order valence-corrected chi connectivity index (χ2v) is 3.44. The minimum Gasteiger partial charge on any atom is -0.495 e. The molecule has 0 spiro atoms. The van der Waals surface area contributed by atoms with Gasteiger partial charge in [0.15, 0.2) is 0 Å². The summed E-state index contributed by atoms with van der Waals surface area (Å²) in [5.41, 5.74) is 0.550. The molecule has 0 saturated heterocycles. The number of carbonyl (C=O) groups excluding carboxylic acids is 1. The largest absolute Gasteiger partial charge is 0.495 e. The number of hydrogen-bond donors (Lipinski definition) is 0. The highest BCUT2D eigenvalue weighted by atomic mass is 127. The van der Waals surface area contributed by atoms with Gasteiger partial charge < -0.3 is 9.47 Å². The van der Waals surface area contributed by atoms with Crippen molar-refractivity contribution >= 4 is 28.9 Å². The standard InChI is InChI=1S/C9H9IO3/c1-12-7-3-6(5-11)4-8(13-2)9(7)10/h3-5H,1-2H3. The first-order valence-electron chi connectivity index (χ1n) is 3.59. The molecule has 0 heterocycles. The van der Waals surface area contributed by atoms with E-state index in [1.165, 1.54) is 0 Å². The molecule has 1 aromatic carbocycles. The quantitative estimate of drug-likeness (QED) is 0.632. The molecule has 0 saturated carbocycles. The van der Waals surface area contributed by atoms with E-state index in [2.05, 4.69) is 22.6 Å². The van der Waals surface area contributed by atoms with Gasteiger partial charge in [-0.3, -0.25) is 4.79 Å². The van der Waals surface area contributed by atoms with Crippen molar-refractivity contribution < 1.29 is 14.3 Å². The Morgan fingerprint density at radius 3 is 2.00 bits per heavy atom. The lowest BCUT2D eigenvalue weighted by Gasteiger charge is -2.08. The van der Waals surface area contributed by atoms with Crippen molar-refractivity contribution in [3.05, 3.63) is 21.3 Å². The topological polar surface area (TPSA) is 35.5 Å². The third-order valence-corrected chi connectivity index (χ3v) is 2.67. The van der Waals surface area contributed by atoms with Gasteiger partial charge in [0.25, 0.3) is 0 Å². The van der Waals surface area contributed by atoms with E-state index in [1.807, 2.05) is 0 Å².